The van der Waals surface area contributed by atoms with Gasteiger partial charge in [-0.2, -0.15) is 18.3 Å². The van der Waals surface area contributed by atoms with Gasteiger partial charge in [-0.15, -0.1) is 0 Å². The van der Waals surface area contributed by atoms with E-state index in [2.05, 4.69) is 5.10 Å². The van der Waals surface area contributed by atoms with Gasteiger partial charge in [-0.3, -0.25) is 0 Å². The van der Waals surface area contributed by atoms with Crippen molar-refractivity contribution in [3.05, 3.63) is 47.8 Å². The summed E-state index contributed by atoms with van der Waals surface area (Å²) in [6.45, 7) is 2.02. The zero-order valence-corrected chi connectivity index (χ0v) is 11.1. The third kappa shape index (κ3) is 3.39. The molecule has 0 bridgehead atoms. The lowest BCUT2D eigenvalue weighted by atomic mass is 10.0. The Bertz CT molecular complexity index is 558. The zero-order chi connectivity index (χ0) is 14.8. The molecule has 1 unspecified atom stereocenters. The molecular weight excluding hydrogens is 267 g/mol. The Kier molecular flexibility index (Phi) is 4.13. The summed E-state index contributed by atoms with van der Waals surface area (Å²) in [4.78, 5) is 0. The van der Waals surface area contributed by atoms with Crippen LogP contribution >= 0.6 is 0 Å². The van der Waals surface area contributed by atoms with Crippen molar-refractivity contribution in [1.29, 1.82) is 0 Å². The van der Waals surface area contributed by atoms with Crippen LogP contribution in [0.4, 0.5) is 13.2 Å². The van der Waals surface area contributed by atoms with Gasteiger partial charge in [0.15, 0.2) is 5.69 Å². The molecule has 2 aromatic rings. The predicted molar refractivity (Wildman–Crippen MR) is 70.5 cm³/mol. The molecule has 0 aliphatic carbocycles. The molecule has 1 heterocycles. The van der Waals surface area contributed by atoms with Crippen molar-refractivity contribution in [2.75, 3.05) is 0 Å². The molecule has 1 atom stereocenters. The summed E-state index contributed by atoms with van der Waals surface area (Å²) >= 11 is 0. The number of benzene rings is 1. The van der Waals surface area contributed by atoms with Crippen LogP contribution in [0, 0.1) is 0 Å². The van der Waals surface area contributed by atoms with Gasteiger partial charge in [0.05, 0.1) is 5.69 Å². The number of alkyl halides is 3. The quantitative estimate of drug-likeness (QED) is 0.936. The molecule has 0 spiro atoms. The van der Waals surface area contributed by atoms with E-state index in [4.69, 9.17) is 5.73 Å². The fourth-order valence-corrected chi connectivity index (χ4v) is 1.85. The van der Waals surface area contributed by atoms with E-state index in [1.54, 1.807) is 12.1 Å². The second-order valence-electron chi connectivity index (χ2n) is 4.68. The second-order valence-corrected chi connectivity index (χ2v) is 4.68. The highest BCUT2D eigenvalue weighted by Gasteiger charge is 2.33. The molecule has 1 aromatic carbocycles. The SMILES string of the molecule is CCC(N)Cc1ccc(-n2ccc(C(F)(F)F)n2)cc1. The van der Waals surface area contributed by atoms with Crippen LogP contribution in [-0.4, -0.2) is 15.8 Å². The van der Waals surface area contributed by atoms with Crippen molar-refractivity contribution in [2.24, 2.45) is 5.73 Å². The van der Waals surface area contributed by atoms with Gasteiger partial charge in [-0.1, -0.05) is 19.1 Å². The Balaban J connectivity index is 2.16. The van der Waals surface area contributed by atoms with Crippen LogP contribution in [0.15, 0.2) is 36.5 Å². The van der Waals surface area contributed by atoms with E-state index >= 15 is 0 Å². The first-order valence-electron chi connectivity index (χ1n) is 6.38. The first kappa shape index (κ1) is 14.6. The molecular formula is C14H16F3N3. The molecule has 6 heteroatoms. The normalized spacial score (nSPS) is 13.4. The van der Waals surface area contributed by atoms with Crippen LogP contribution in [0.5, 0.6) is 0 Å². The highest BCUT2D eigenvalue weighted by molar-refractivity contribution is 5.34. The lowest BCUT2D eigenvalue weighted by Crippen LogP contribution is -2.21. The molecule has 1 aromatic heterocycles. The maximum Gasteiger partial charge on any atom is 0.435 e. The van der Waals surface area contributed by atoms with Crippen LogP contribution in [0.2, 0.25) is 0 Å². The minimum absolute atomic E-state index is 0.0994. The standard InChI is InChI=1S/C14H16F3N3/c1-2-11(18)9-10-3-5-12(6-4-10)20-8-7-13(19-20)14(15,16)17/h3-8,11H,2,9,18H2,1H3. The average molecular weight is 283 g/mol. The summed E-state index contributed by atoms with van der Waals surface area (Å²) in [7, 11) is 0. The van der Waals surface area contributed by atoms with Gasteiger partial charge in [-0.05, 0) is 36.6 Å². The molecule has 0 fully saturated rings. The van der Waals surface area contributed by atoms with Gasteiger partial charge in [0.2, 0.25) is 0 Å². The monoisotopic (exact) mass is 283 g/mol. The highest BCUT2D eigenvalue weighted by Crippen LogP contribution is 2.27. The van der Waals surface area contributed by atoms with Crippen LogP contribution in [0.1, 0.15) is 24.6 Å². The number of nitrogens with two attached hydrogens (primary N) is 1. The number of hydrogen-bond donors (Lipinski definition) is 1. The first-order chi connectivity index (χ1) is 9.40. The van der Waals surface area contributed by atoms with Crippen molar-refractivity contribution < 1.29 is 13.2 Å². The molecule has 0 aliphatic rings. The highest BCUT2D eigenvalue weighted by atomic mass is 19.4. The summed E-state index contributed by atoms with van der Waals surface area (Å²) in [5, 5.41) is 3.53. The van der Waals surface area contributed by atoms with Crippen molar-refractivity contribution in [3.8, 4) is 5.69 Å². The maximum atomic E-state index is 12.5. The van der Waals surface area contributed by atoms with E-state index in [1.165, 1.54) is 10.9 Å². The molecule has 0 amide bonds. The number of rotatable bonds is 4. The molecule has 3 nitrogen and oxygen atoms in total. The Hall–Kier alpha value is -1.82. The fourth-order valence-electron chi connectivity index (χ4n) is 1.85. The van der Waals surface area contributed by atoms with Gasteiger partial charge >= 0.3 is 6.18 Å². The summed E-state index contributed by atoms with van der Waals surface area (Å²) in [5.41, 5.74) is 6.62. The molecule has 0 radical (unpaired) electrons. The van der Waals surface area contributed by atoms with Gasteiger partial charge in [-0.25, -0.2) is 4.68 Å². The van der Waals surface area contributed by atoms with E-state index in [-0.39, 0.29) is 6.04 Å². The second kappa shape index (κ2) is 5.66. The summed E-state index contributed by atoms with van der Waals surface area (Å²) < 4.78 is 38.6. The molecule has 0 aliphatic heterocycles. The molecule has 20 heavy (non-hydrogen) atoms. The zero-order valence-electron chi connectivity index (χ0n) is 11.1. The van der Waals surface area contributed by atoms with Crippen LogP contribution in [0.25, 0.3) is 5.69 Å². The fraction of sp³-hybridized carbons (Fsp3) is 0.357. The minimum Gasteiger partial charge on any atom is -0.327 e. The number of halogens is 3. The Morgan fingerprint density at radius 1 is 1.20 bits per heavy atom. The summed E-state index contributed by atoms with van der Waals surface area (Å²) in [5.74, 6) is 0. The molecule has 2 rings (SSSR count). The van der Waals surface area contributed by atoms with Crippen molar-refractivity contribution in [2.45, 2.75) is 32.0 Å². The van der Waals surface area contributed by atoms with Crippen molar-refractivity contribution in [3.63, 3.8) is 0 Å². The predicted octanol–water partition coefficient (Wildman–Crippen LogP) is 3.17. The maximum absolute atomic E-state index is 12.5. The van der Waals surface area contributed by atoms with Crippen molar-refractivity contribution in [1.82, 2.24) is 9.78 Å². The van der Waals surface area contributed by atoms with E-state index in [9.17, 15) is 13.2 Å². The van der Waals surface area contributed by atoms with Crippen LogP contribution < -0.4 is 5.73 Å². The smallest absolute Gasteiger partial charge is 0.327 e. The number of aromatic nitrogens is 2. The minimum atomic E-state index is -4.42. The summed E-state index contributed by atoms with van der Waals surface area (Å²) in [6, 6.07) is 8.26. The third-order valence-corrected chi connectivity index (χ3v) is 3.10. The third-order valence-electron chi connectivity index (χ3n) is 3.10. The summed E-state index contributed by atoms with van der Waals surface area (Å²) in [6.07, 6.45) is -1.48. The average Bonchev–Trinajstić information content (AvgIpc) is 2.89. The topological polar surface area (TPSA) is 43.8 Å². The Morgan fingerprint density at radius 3 is 2.35 bits per heavy atom. The Morgan fingerprint density at radius 2 is 1.85 bits per heavy atom. The van der Waals surface area contributed by atoms with Crippen LogP contribution in [-0.2, 0) is 12.6 Å². The first-order valence-corrected chi connectivity index (χ1v) is 6.38. The Labute approximate surface area is 115 Å². The van der Waals surface area contributed by atoms with Gasteiger partial charge in [0, 0.05) is 12.2 Å². The van der Waals surface area contributed by atoms with Crippen molar-refractivity contribution >= 4 is 0 Å². The van der Waals surface area contributed by atoms with E-state index < -0.39 is 11.9 Å². The molecule has 0 saturated heterocycles. The number of nitrogens with zero attached hydrogens (tertiary/aromatic N) is 2. The lowest BCUT2D eigenvalue weighted by Gasteiger charge is -2.09. The molecule has 0 saturated carbocycles. The van der Waals surface area contributed by atoms with E-state index in [0.29, 0.717) is 5.69 Å². The lowest BCUT2D eigenvalue weighted by molar-refractivity contribution is -0.141. The van der Waals surface area contributed by atoms with Gasteiger partial charge in [0.25, 0.3) is 0 Å². The van der Waals surface area contributed by atoms with Gasteiger partial charge < -0.3 is 5.73 Å². The largest absolute Gasteiger partial charge is 0.435 e. The molecule has 2 N–H and O–H groups in total. The van der Waals surface area contributed by atoms with Crippen LogP contribution in [0.3, 0.4) is 0 Å². The molecule has 108 valence electrons. The number of hydrogen-bond acceptors (Lipinski definition) is 2. The van der Waals surface area contributed by atoms with Gasteiger partial charge in [0.1, 0.15) is 0 Å². The van der Waals surface area contributed by atoms with E-state index in [1.807, 2.05) is 19.1 Å². The van der Waals surface area contributed by atoms with E-state index in [0.717, 1.165) is 24.5 Å².